The molecule has 0 fully saturated rings. The van der Waals surface area contributed by atoms with E-state index >= 15 is 0 Å². The fourth-order valence-corrected chi connectivity index (χ4v) is 3.04. The lowest BCUT2D eigenvalue weighted by Crippen LogP contribution is -2.19. The van der Waals surface area contributed by atoms with Crippen molar-refractivity contribution < 1.29 is 0 Å². The molecule has 1 heterocycles. The largest absolute Gasteiger partial charge is 0.313 e. The summed E-state index contributed by atoms with van der Waals surface area (Å²) in [7, 11) is 3.85. The van der Waals surface area contributed by atoms with Crippen molar-refractivity contribution in [2.24, 2.45) is 7.05 Å². The summed E-state index contributed by atoms with van der Waals surface area (Å²) in [6, 6.07) is 8.76. The van der Waals surface area contributed by atoms with Gasteiger partial charge in [-0.1, -0.05) is 23.7 Å². The van der Waals surface area contributed by atoms with Crippen LogP contribution in [0, 0.1) is 10.5 Å². The predicted octanol–water partition coefficient (Wildman–Crippen LogP) is 3.49. The summed E-state index contributed by atoms with van der Waals surface area (Å²) in [5, 5.41) is 8.45. The average molecular weight is 390 g/mol. The number of halogens is 2. The van der Waals surface area contributed by atoms with Crippen LogP contribution in [-0.2, 0) is 13.5 Å². The minimum Gasteiger partial charge on any atom is -0.313 e. The monoisotopic (exact) mass is 389 g/mol. The van der Waals surface area contributed by atoms with Crippen molar-refractivity contribution in [1.29, 1.82) is 0 Å². The van der Waals surface area contributed by atoms with Crippen molar-refractivity contribution in [2.75, 3.05) is 7.05 Å². The summed E-state index contributed by atoms with van der Waals surface area (Å²) >= 11 is 8.64. The number of hydrogen-bond donors (Lipinski definition) is 1. The molecule has 102 valence electrons. The Hall–Kier alpha value is -0.590. The van der Waals surface area contributed by atoms with Gasteiger partial charge in [0.05, 0.1) is 5.69 Å². The maximum Gasteiger partial charge on any atom is 0.130 e. The molecule has 1 aromatic heterocycles. The summed E-state index contributed by atoms with van der Waals surface area (Å²) in [4.78, 5) is 0. The Morgan fingerprint density at radius 3 is 2.74 bits per heavy atom. The molecule has 0 amide bonds. The lowest BCUT2D eigenvalue weighted by Gasteiger charge is -2.17. The third kappa shape index (κ3) is 3.30. The Morgan fingerprint density at radius 2 is 2.21 bits per heavy atom. The Balaban J connectivity index is 2.29. The summed E-state index contributed by atoms with van der Waals surface area (Å²) in [5.74, 6) is 0. The van der Waals surface area contributed by atoms with Crippen LogP contribution in [0.4, 0.5) is 0 Å². The Kier molecular flexibility index (Phi) is 4.86. The number of aromatic nitrogens is 2. The number of aryl methyl sites for hydroxylation is 2. The minimum atomic E-state index is 0.245. The van der Waals surface area contributed by atoms with Crippen molar-refractivity contribution in [3.05, 3.63) is 49.8 Å². The van der Waals surface area contributed by atoms with Crippen LogP contribution in [0.1, 0.15) is 22.9 Å². The van der Waals surface area contributed by atoms with Crippen LogP contribution >= 0.6 is 34.2 Å². The van der Waals surface area contributed by atoms with Crippen molar-refractivity contribution >= 4 is 34.2 Å². The van der Waals surface area contributed by atoms with Gasteiger partial charge >= 0.3 is 0 Å². The number of rotatable bonds is 4. The standard InChI is InChI=1S/C14H17ClIN3/c1-9-12(14(15)19(3)18-9)8-13(17-2)10-5-4-6-11(16)7-10/h4-7,13,17H,8H2,1-3H3. The second kappa shape index (κ2) is 6.24. The molecule has 3 nitrogen and oxygen atoms in total. The molecule has 2 aromatic rings. The molecule has 0 saturated heterocycles. The molecule has 1 N–H and O–H groups in total. The van der Waals surface area contributed by atoms with Crippen molar-refractivity contribution in [1.82, 2.24) is 15.1 Å². The molecule has 0 bridgehead atoms. The quantitative estimate of drug-likeness (QED) is 0.811. The van der Waals surface area contributed by atoms with Gasteiger partial charge in [0.2, 0.25) is 0 Å². The highest BCUT2D eigenvalue weighted by Crippen LogP contribution is 2.26. The molecule has 2 rings (SSSR count). The SMILES string of the molecule is CNC(Cc1c(C)nn(C)c1Cl)c1cccc(I)c1. The van der Waals surface area contributed by atoms with Crippen LogP contribution in [-0.4, -0.2) is 16.8 Å². The van der Waals surface area contributed by atoms with Gasteiger partial charge in [-0.2, -0.15) is 5.10 Å². The van der Waals surface area contributed by atoms with Gasteiger partial charge < -0.3 is 5.32 Å². The maximum absolute atomic E-state index is 6.31. The zero-order valence-electron chi connectivity index (χ0n) is 11.2. The summed E-state index contributed by atoms with van der Waals surface area (Å²) < 4.78 is 2.97. The molecule has 5 heteroatoms. The van der Waals surface area contributed by atoms with Gasteiger partial charge in [-0.15, -0.1) is 0 Å². The van der Waals surface area contributed by atoms with E-state index in [2.05, 4.69) is 57.3 Å². The normalized spacial score (nSPS) is 12.7. The van der Waals surface area contributed by atoms with Crippen LogP contribution in [0.2, 0.25) is 5.15 Å². The molecule has 1 aromatic carbocycles. The fourth-order valence-electron chi connectivity index (χ4n) is 2.22. The van der Waals surface area contributed by atoms with Crippen LogP contribution in [0.5, 0.6) is 0 Å². The molecule has 0 spiro atoms. The zero-order chi connectivity index (χ0) is 14.0. The second-order valence-corrected chi connectivity index (χ2v) is 6.18. The summed E-state index contributed by atoms with van der Waals surface area (Å²) in [6.07, 6.45) is 0.842. The first-order valence-corrected chi connectivity index (χ1v) is 7.59. The van der Waals surface area contributed by atoms with Gasteiger partial charge in [-0.05, 0) is 60.7 Å². The van der Waals surface area contributed by atoms with Crippen molar-refractivity contribution in [3.63, 3.8) is 0 Å². The molecule has 1 atom stereocenters. The molecule has 0 aliphatic carbocycles. The molecule has 1 unspecified atom stereocenters. The van der Waals surface area contributed by atoms with Gasteiger partial charge in [0, 0.05) is 22.2 Å². The first kappa shape index (κ1) is 14.8. The van der Waals surface area contributed by atoms with Crippen LogP contribution < -0.4 is 5.32 Å². The molecule has 0 aliphatic heterocycles. The van der Waals surface area contributed by atoms with E-state index in [0.29, 0.717) is 0 Å². The first-order valence-electron chi connectivity index (χ1n) is 6.13. The first-order chi connectivity index (χ1) is 9.02. The van der Waals surface area contributed by atoms with Crippen molar-refractivity contribution in [3.8, 4) is 0 Å². The van der Waals surface area contributed by atoms with E-state index in [1.54, 1.807) is 4.68 Å². The third-order valence-electron chi connectivity index (χ3n) is 3.28. The smallest absolute Gasteiger partial charge is 0.130 e. The van der Waals surface area contributed by atoms with Crippen molar-refractivity contribution in [2.45, 2.75) is 19.4 Å². The highest BCUT2D eigenvalue weighted by atomic mass is 127. The average Bonchev–Trinajstić information content (AvgIpc) is 2.61. The molecule has 0 aliphatic rings. The van der Waals surface area contributed by atoms with Crippen LogP contribution in [0.15, 0.2) is 24.3 Å². The number of likely N-dealkylation sites (N-methyl/N-ethyl adjacent to an activating group) is 1. The van der Waals surface area contributed by atoms with E-state index in [0.717, 1.165) is 22.8 Å². The topological polar surface area (TPSA) is 29.9 Å². The third-order valence-corrected chi connectivity index (χ3v) is 4.42. The van der Waals surface area contributed by atoms with E-state index in [-0.39, 0.29) is 6.04 Å². The Bertz CT molecular complexity index is 580. The van der Waals surface area contributed by atoms with Gasteiger partial charge in [-0.25, -0.2) is 0 Å². The molecular weight excluding hydrogens is 373 g/mol. The van der Waals surface area contributed by atoms with Gasteiger partial charge in [0.15, 0.2) is 0 Å². The van der Waals surface area contributed by atoms with Gasteiger partial charge in [-0.3, -0.25) is 4.68 Å². The summed E-state index contributed by atoms with van der Waals surface area (Å²) in [6.45, 7) is 2.00. The van der Waals surface area contributed by atoms with E-state index in [1.807, 2.05) is 21.0 Å². The molecule has 0 saturated carbocycles. The maximum atomic E-state index is 6.31. The Morgan fingerprint density at radius 1 is 1.47 bits per heavy atom. The van der Waals surface area contributed by atoms with Gasteiger partial charge in [0.25, 0.3) is 0 Å². The number of benzene rings is 1. The fraction of sp³-hybridized carbons (Fsp3) is 0.357. The van der Waals surface area contributed by atoms with E-state index in [4.69, 9.17) is 11.6 Å². The number of hydrogen-bond acceptors (Lipinski definition) is 2. The van der Waals surface area contributed by atoms with Crippen LogP contribution in [0.3, 0.4) is 0 Å². The summed E-state index contributed by atoms with van der Waals surface area (Å²) in [5.41, 5.74) is 3.38. The zero-order valence-corrected chi connectivity index (χ0v) is 14.2. The lowest BCUT2D eigenvalue weighted by molar-refractivity contribution is 0.590. The highest BCUT2D eigenvalue weighted by Gasteiger charge is 2.17. The molecule has 0 radical (unpaired) electrons. The highest BCUT2D eigenvalue weighted by molar-refractivity contribution is 14.1. The van der Waals surface area contributed by atoms with Crippen LogP contribution in [0.25, 0.3) is 0 Å². The molecular formula is C14H17ClIN3. The number of nitrogens with one attached hydrogen (secondary N) is 1. The van der Waals surface area contributed by atoms with Gasteiger partial charge in [0.1, 0.15) is 5.15 Å². The second-order valence-electron chi connectivity index (χ2n) is 4.58. The molecule has 19 heavy (non-hydrogen) atoms. The van der Waals surface area contributed by atoms with E-state index < -0.39 is 0 Å². The van der Waals surface area contributed by atoms with E-state index in [1.165, 1.54) is 9.13 Å². The number of nitrogens with zero attached hydrogens (tertiary/aromatic N) is 2. The van der Waals surface area contributed by atoms with E-state index in [9.17, 15) is 0 Å². The predicted molar refractivity (Wildman–Crippen MR) is 87.6 cm³/mol. The minimum absolute atomic E-state index is 0.245. The lowest BCUT2D eigenvalue weighted by atomic mass is 9.99. The Labute approximate surface area is 132 Å².